The third kappa shape index (κ3) is 4.32. The van der Waals surface area contributed by atoms with Crippen LogP contribution in [0.15, 0.2) is 12.4 Å². The van der Waals surface area contributed by atoms with Crippen LogP contribution in [0.2, 0.25) is 0 Å². The summed E-state index contributed by atoms with van der Waals surface area (Å²) in [6.07, 6.45) is 6.90. The lowest BCUT2D eigenvalue weighted by atomic mass is 9.98. The number of rotatable bonds is 6. The molecule has 1 N–H and O–H groups in total. The summed E-state index contributed by atoms with van der Waals surface area (Å²) in [4.78, 5) is 2.58. The van der Waals surface area contributed by atoms with Crippen LogP contribution in [0.5, 0.6) is 0 Å². The van der Waals surface area contributed by atoms with Crippen molar-refractivity contribution in [3.05, 3.63) is 18.0 Å². The van der Waals surface area contributed by atoms with Gasteiger partial charge >= 0.3 is 0 Å². The normalized spacial score (nSPS) is 20.2. The first-order chi connectivity index (χ1) is 9.56. The number of nitrogens with zero attached hydrogens (tertiary/aromatic N) is 3. The molecule has 1 aromatic heterocycles. The molecule has 4 nitrogen and oxygen atoms in total. The van der Waals surface area contributed by atoms with E-state index >= 15 is 0 Å². The molecule has 1 aromatic rings. The Kier molecular flexibility index (Phi) is 5.61. The van der Waals surface area contributed by atoms with Crippen LogP contribution in [0, 0.1) is 5.92 Å². The van der Waals surface area contributed by atoms with Crippen LogP contribution >= 0.6 is 0 Å². The third-order valence-corrected chi connectivity index (χ3v) is 4.19. The molecule has 1 aliphatic heterocycles. The second-order valence-electron chi connectivity index (χ2n) is 6.66. The predicted molar refractivity (Wildman–Crippen MR) is 83.8 cm³/mol. The number of hydrogen-bond acceptors (Lipinski definition) is 3. The van der Waals surface area contributed by atoms with Crippen LogP contribution in [0.1, 0.15) is 52.1 Å². The first-order valence-electron chi connectivity index (χ1n) is 8.04. The van der Waals surface area contributed by atoms with Gasteiger partial charge in [-0.3, -0.25) is 9.58 Å². The van der Waals surface area contributed by atoms with Gasteiger partial charge in [-0.15, -0.1) is 0 Å². The summed E-state index contributed by atoms with van der Waals surface area (Å²) in [5, 5.41) is 7.97. The zero-order valence-electron chi connectivity index (χ0n) is 13.5. The highest BCUT2D eigenvalue weighted by Crippen LogP contribution is 2.16. The van der Waals surface area contributed by atoms with Gasteiger partial charge < -0.3 is 5.32 Å². The molecular weight excluding hydrogens is 248 g/mol. The van der Waals surface area contributed by atoms with Gasteiger partial charge in [0.2, 0.25) is 0 Å². The van der Waals surface area contributed by atoms with Gasteiger partial charge in [-0.1, -0.05) is 0 Å². The summed E-state index contributed by atoms with van der Waals surface area (Å²) in [5.74, 6) is 0.797. The highest BCUT2D eigenvalue weighted by atomic mass is 15.3. The van der Waals surface area contributed by atoms with Crippen LogP contribution in [-0.2, 0) is 6.54 Å². The molecule has 0 radical (unpaired) electrons. The highest BCUT2D eigenvalue weighted by molar-refractivity contribution is 5.04. The molecule has 114 valence electrons. The van der Waals surface area contributed by atoms with E-state index in [9.17, 15) is 0 Å². The SMILES string of the molecule is CC(C)N(Cc1cnn(C(C)C)c1)CC1CCCNC1. The number of aromatic nitrogens is 2. The fourth-order valence-electron chi connectivity index (χ4n) is 2.85. The Morgan fingerprint density at radius 1 is 1.40 bits per heavy atom. The van der Waals surface area contributed by atoms with Crippen molar-refractivity contribution in [1.82, 2.24) is 20.0 Å². The standard InChI is InChI=1S/C16H30N4/c1-13(2)19(10-15-6-5-7-17-8-15)11-16-9-18-20(12-16)14(3)4/h9,12-15,17H,5-8,10-11H2,1-4H3. The summed E-state index contributed by atoms with van der Waals surface area (Å²) in [7, 11) is 0. The molecule has 1 saturated heterocycles. The Bertz CT molecular complexity index is 391. The predicted octanol–water partition coefficient (Wildman–Crippen LogP) is 2.67. The van der Waals surface area contributed by atoms with E-state index in [-0.39, 0.29) is 0 Å². The molecule has 2 rings (SSSR count). The van der Waals surface area contributed by atoms with Crippen molar-refractivity contribution < 1.29 is 0 Å². The third-order valence-electron chi connectivity index (χ3n) is 4.19. The lowest BCUT2D eigenvalue weighted by Crippen LogP contribution is -2.40. The molecule has 1 unspecified atom stereocenters. The van der Waals surface area contributed by atoms with Gasteiger partial charge in [0.1, 0.15) is 0 Å². The average Bonchev–Trinajstić information content (AvgIpc) is 2.88. The average molecular weight is 278 g/mol. The van der Waals surface area contributed by atoms with Gasteiger partial charge in [-0.2, -0.15) is 5.10 Å². The van der Waals surface area contributed by atoms with E-state index in [0.717, 1.165) is 12.5 Å². The van der Waals surface area contributed by atoms with Crippen LogP contribution in [-0.4, -0.2) is 40.4 Å². The summed E-state index contributed by atoms with van der Waals surface area (Å²) >= 11 is 0. The van der Waals surface area contributed by atoms with Crippen molar-refractivity contribution in [1.29, 1.82) is 0 Å². The van der Waals surface area contributed by atoms with Gasteiger partial charge in [0.25, 0.3) is 0 Å². The molecule has 1 atom stereocenters. The Morgan fingerprint density at radius 2 is 2.20 bits per heavy atom. The Hall–Kier alpha value is -0.870. The van der Waals surface area contributed by atoms with E-state index in [2.05, 4.69) is 53.9 Å². The number of hydrogen-bond donors (Lipinski definition) is 1. The minimum Gasteiger partial charge on any atom is -0.316 e. The molecule has 2 heterocycles. The summed E-state index contributed by atoms with van der Waals surface area (Å²) < 4.78 is 2.05. The van der Waals surface area contributed by atoms with E-state index in [1.165, 1.54) is 38.0 Å². The van der Waals surface area contributed by atoms with E-state index in [1.54, 1.807) is 0 Å². The lowest BCUT2D eigenvalue weighted by molar-refractivity contribution is 0.164. The van der Waals surface area contributed by atoms with Crippen LogP contribution in [0.25, 0.3) is 0 Å². The van der Waals surface area contributed by atoms with Gasteiger partial charge in [0.05, 0.1) is 6.20 Å². The Labute approximate surface area is 123 Å². The summed E-state index contributed by atoms with van der Waals surface area (Å²) in [6.45, 7) is 13.5. The lowest BCUT2D eigenvalue weighted by Gasteiger charge is -2.32. The van der Waals surface area contributed by atoms with E-state index in [0.29, 0.717) is 12.1 Å². The summed E-state index contributed by atoms with van der Waals surface area (Å²) in [6, 6.07) is 1.03. The molecule has 0 spiro atoms. The quantitative estimate of drug-likeness (QED) is 0.868. The van der Waals surface area contributed by atoms with Gasteiger partial charge in [-0.25, -0.2) is 0 Å². The molecule has 4 heteroatoms. The minimum atomic E-state index is 0.443. The number of nitrogens with one attached hydrogen (secondary N) is 1. The number of piperidine rings is 1. The smallest absolute Gasteiger partial charge is 0.0534 e. The zero-order chi connectivity index (χ0) is 14.5. The highest BCUT2D eigenvalue weighted by Gasteiger charge is 2.19. The second kappa shape index (κ2) is 7.23. The molecule has 0 aliphatic carbocycles. The Morgan fingerprint density at radius 3 is 2.75 bits per heavy atom. The first kappa shape index (κ1) is 15.5. The largest absolute Gasteiger partial charge is 0.316 e. The zero-order valence-corrected chi connectivity index (χ0v) is 13.5. The maximum Gasteiger partial charge on any atom is 0.0534 e. The molecule has 0 saturated carbocycles. The van der Waals surface area contributed by atoms with Crippen molar-refractivity contribution in [2.45, 2.75) is 59.2 Å². The van der Waals surface area contributed by atoms with Crippen molar-refractivity contribution in [3.8, 4) is 0 Å². The molecule has 20 heavy (non-hydrogen) atoms. The van der Waals surface area contributed by atoms with E-state index in [4.69, 9.17) is 0 Å². The summed E-state index contributed by atoms with van der Waals surface area (Å²) in [5.41, 5.74) is 1.33. The molecule has 1 aliphatic rings. The minimum absolute atomic E-state index is 0.443. The van der Waals surface area contributed by atoms with E-state index in [1.807, 2.05) is 6.20 Å². The van der Waals surface area contributed by atoms with Crippen molar-refractivity contribution in [2.24, 2.45) is 5.92 Å². The van der Waals surface area contributed by atoms with Crippen molar-refractivity contribution in [3.63, 3.8) is 0 Å². The topological polar surface area (TPSA) is 33.1 Å². The van der Waals surface area contributed by atoms with Crippen LogP contribution in [0.4, 0.5) is 0 Å². The van der Waals surface area contributed by atoms with Gasteiger partial charge in [0.15, 0.2) is 0 Å². The van der Waals surface area contributed by atoms with Crippen molar-refractivity contribution in [2.75, 3.05) is 19.6 Å². The van der Waals surface area contributed by atoms with Crippen molar-refractivity contribution >= 4 is 0 Å². The Balaban J connectivity index is 1.93. The second-order valence-corrected chi connectivity index (χ2v) is 6.66. The fourth-order valence-corrected chi connectivity index (χ4v) is 2.85. The maximum absolute atomic E-state index is 4.45. The first-order valence-corrected chi connectivity index (χ1v) is 8.04. The monoisotopic (exact) mass is 278 g/mol. The molecule has 0 bridgehead atoms. The van der Waals surface area contributed by atoms with Crippen LogP contribution < -0.4 is 5.32 Å². The van der Waals surface area contributed by atoms with E-state index < -0.39 is 0 Å². The molecule has 0 aromatic carbocycles. The van der Waals surface area contributed by atoms with Crippen LogP contribution in [0.3, 0.4) is 0 Å². The molecule has 1 fully saturated rings. The van der Waals surface area contributed by atoms with Gasteiger partial charge in [-0.05, 0) is 59.5 Å². The molecular formula is C16H30N4. The fraction of sp³-hybridized carbons (Fsp3) is 0.812. The molecule has 0 amide bonds. The van der Waals surface area contributed by atoms with Gasteiger partial charge in [0, 0.05) is 36.9 Å². The maximum atomic E-state index is 4.45.